The maximum atomic E-state index is 13.0. The number of anilines is 1. The van der Waals surface area contributed by atoms with Gasteiger partial charge in [0, 0.05) is 16.1 Å². The Bertz CT molecular complexity index is 992. The van der Waals surface area contributed by atoms with E-state index in [-0.39, 0.29) is 5.91 Å². The van der Waals surface area contributed by atoms with Crippen LogP contribution in [-0.4, -0.2) is 5.91 Å². The third-order valence-corrected chi connectivity index (χ3v) is 4.80. The predicted molar refractivity (Wildman–Crippen MR) is 104 cm³/mol. The molecule has 4 rings (SSSR count). The molecule has 1 aliphatic rings. The van der Waals surface area contributed by atoms with E-state index in [0.29, 0.717) is 10.6 Å². The zero-order valence-corrected chi connectivity index (χ0v) is 14.5. The molecular formula is C22H16ClNO. The van der Waals surface area contributed by atoms with Gasteiger partial charge < -0.3 is 0 Å². The van der Waals surface area contributed by atoms with Crippen molar-refractivity contribution in [2.75, 3.05) is 4.90 Å². The normalized spacial score (nSPS) is 14.9. The first-order valence-electron chi connectivity index (χ1n) is 8.12. The van der Waals surface area contributed by atoms with Gasteiger partial charge in [0.25, 0.3) is 5.91 Å². The molecule has 3 aromatic carbocycles. The van der Waals surface area contributed by atoms with Crippen molar-refractivity contribution >= 4 is 35.0 Å². The minimum absolute atomic E-state index is 0.0299. The second kappa shape index (κ2) is 6.23. The Kier molecular flexibility index (Phi) is 3.90. The third kappa shape index (κ3) is 2.75. The van der Waals surface area contributed by atoms with Crippen LogP contribution in [0.15, 0.2) is 72.8 Å². The van der Waals surface area contributed by atoms with Crippen LogP contribution in [0, 0.1) is 6.92 Å². The monoisotopic (exact) mass is 345 g/mol. The third-order valence-electron chi connectivity index (χ3n) is 4.39. The van der Waals surface area contributed by atoms with E-state index in [1.807, 2.05) is 85.8 Å². The molecule has 0 unspecified atom stereocenters. The van der Waals surface area contributed by atoms with Gasteiger partial charge >= 0.3 is 0 Å². The van der Waals surface area contributed by atoms with Crippen LogP contribution < -0.4 is 4.90 Å². The van der Waals surface area contributed by atoms with Crippen LogP contribution in [0.4, 0.5) is 5.69 Å². The minimum atomic E-state index is -0.0299. The Morgan fingerprint density at radius 2 is 1.56 bits per heavy atom. The number of rotatable bonds is 2. The zero-order chi connectivity index (χ0) is 17.4. The number of hydrogen-bond acceptors (Lipinski definition) is 1. The largest absolute Gasteiger partial charge is 0.276 e. The van der Waals surface area contributed by atoms with Crippen LogP contribution >= 0.6 is 11.6 Å². The molecule has 3 aromatic rings. The Morgan fingerprint density at radius 1 is 0.880 bits per heavy atom. The van der Waals surface area contributed by atoms with E-state index in [4.69, 9.17) is 11.6 Å². The summed E-state index contributed by atoms with van der Waals surface area (Å²) in [6.07, 6.45) is 2.04. The highest BCUT2D eigenvalue weighted by Gasteiger charge is 2.33. The van der Waals surface area contributed by atoms with Gasteiger partial charge in [-0.3, -0.25) is 9.69 Å². The number of benzene rings is 3. The van der Waals surface area contributed by atoms with Gasteiger partial charge in [-0.15, -0.1) is 0 Å². The molecule has 0 N–H and O–H groups in total. The minimum Gasteiger partial charge on any atom is -0.276 e. The summed E-state index contributed by atoms with van der Waals surface area (Å²) in [4.78, 5) is 14.8. The van der Waals surface area contributed by atoms with Crippen molar-refractivity contribution in [1.82, 2.24) is 0 Å². The van der Waals surface area contributed by atoms with Gasteiger partial charge in [0.2, 0.25) is 0 Å². The molecule has 2 nitrogen and oxygen atoms in total. The summed E-state index contributed by atoms with van der Waals surface area (Å²) in [6, 6.07) is 23.4. The molecule has 0 atom stereocenters. The van der Waals surface area contributed by atoms with E-state index in [9.17, 15) is 4.79 Å². The van der Waals surface area contributed by atoms with Crippen LogP contribution in [-0.2, 0) is 0 Å². The fourth-order valence-corrected chi connectivity index (χ4v) is 3.24. The molecule has 0 saturated carbocycles. The maximum absolute atomic E-state index is 13.0. The summed E-state index contributed by atoms with van der Waals surface area (Å²) in [5.41, 5.74) is 5.33. The molecule has 0 aromatic heterocycles. The zero-order valence-electron chi connectivity index (χ0n) is 13.7. The van der Waals surface area contributed by atoms with Crippen LogP contribution in [0.2, 0.25) is 5.02 Å². The molecule has 3 heteroatoms. The molecule has 0 spiro atoms. The Labute approximate surface area is 152 Å². The Morgan fingerprint density at radius 3 is 2.28 bits per heavy atom. The number of hydrogen-bond donors (Lipinski definition) is 0. The van der Waals surface area contributed by atoms with Crippen molar-refractivity contribution in [2.24, 2.45) is 0 Å². The number of nitrogens with zero attached hydrogens (tertiary/aromatic N) is 1. The maximum Gasteiger partial charge on any atom is 0.263 e. The highest BCUT2D eigenvalue weighted by Crippen LogP contribution is 2.39. The van der Waals surface area contributed by atoms with Crippen molar-refractivity contribution in [3.05, 3.63) is 100 Å². The summed E-state index contributed by atoms with van der Waals surface area (Å²) in [6.45, 7) is 1.95. The predicted octanol–water partition coefficient (Wildman–Crippen LogP) is 5.81. The van der Waals surface area contributed by atoms with Gasteiger partial charge in [0.15, 0.2) is 0 Å². The summed E-state index contributed by atoms with van der Waals surface area (Å²) < 4.78 is 0. The summed E-state index contributed by atoms with van der Waals surface area (Å²) in [7, 11) is 0. The van der Waals surface area contributed by atoms with E-state index in [1.165, 1.54) is 0 Å². The van der Waals surface area contributed by atoms with Crippen molar-refractivity contribution in [1.29, 1.82) is 0 Å². The smallest absolute Gasteiger partial charge is 0.263 e. The fraction of sp³-hybridized carbons (Fsp3) is 0.0455. The van der Waals surface area contributed by atoms with Gasteiger partial charge in [0.05, 0.1) is 11.4 Å². The topological polar surface area (TPSA) is 20.3 Å². The highest BCUT2D eigenvalue weighted by molar-refractivity contribution is 6.32. The first-order valence-corrected chi connectivity index (χ1v) is 8.50. The lowest BCUT2D eigenvalue weighted by Crippen LogP contribution is -2.22. The van der Waals surface area contributed by atoms with Crippen molar-refractivity contribution < 1.29 is 4.79 Å². The Hall–Kier alpha value is -2.84. The molecule has 0 radical (unpaired) electrons. The molecule has 0 bridgehead atoms. The lowest BCUT2D eigenvalue weighted by atomic mass is 10.1. The summed E-state index contributed by atoms with van der Waals surface area (Å²) >= 11 is 6.30. The standard InChI is InChI=1S/C22H16ClNO/c1-15-11-12-17(14-20(15)23)24-21(13-16-7-3-2-4-8-16)18-9-5-6-10-19(18)22(24)25/h2-14H,1H3. The lowest BCUT2D eigenvalue weighted by molar-refractivity contribution is 0.101. The lowest BCUT2D eigenvalue weighted by Gasteiger charge is -2.19. The first-order chi connectivity index (χ1) is 12.1. The number of carbonyl (C=O) groups is 1. The van der Waals surface area contributed by atoms with Gasteiger partial charge in [-0.25, -0.2) is 0 Å². The van der Waals surface area contributed by atoms with Crippen molar-refractivity contribution in [3.8, 4) is 0 Å². The molecule has 122 valence electrons. The molecule has 0 aliphatic carbocycles. The van der Waals surface area contributed by atoms with Gasteiger partial charge in [-0.05, 0) is 42.3 Å². The van der Waals surface area contributed by atoms with E-state index in [1.54, 1.807) is 4.90 Å². The summed E-state index contributed by atoms with van der Waals surface area (Å²) in [5, 5.41) is 0.653. The number of amides is 1. The fourth-order valence-electron chi connectivity index (χ4n) is 3.07. The van der Waals surface area contributed by atoms with Crippen LogP contribution in [0.5, 0.6) is 0 Å². The molecule has 0 saturated heterocycles. The van der Waals surface area contributed by atoms with Crippen molar-refractivity contribution in [2.45, 2.75) is 6.92 Å². The number of aryl methyl sites for hydroxylation is 1. The van der Waals surface area contributed by atoms with E-state index < -0.39 is 0 Å². The molecule has 1 aliphatic heterocycles. The van der Waals surface area contributed by atoms with E-state index in [2.05, 4.69) is 0 Å². The number of halogens is 1. The number of carbonyl (C=O) groups excluding carboxylic acids is 1. The Balaban J connectivity index is 1.91. The SMILES string of the molecule is Cc1ccc(N2C(=O)c3ccccc3C2=Cc2ccccc2)cc1Cl. The van der Waals surface area contributed by atoms with Crippen LogP contribution in [0.1, 0.15) is 27.0 Å². The van der Waals surface area contributed by atoms with Gasteiger partial charge in [-0.1, -0.05) is 66.2 Å². The second-order valence-corrected chi connectivity index (χ2v) is 6.47. The molecular weight excluding hydrogens is 330 g/mol. The average Bonchev–Trinajstić information content (AvgIpc) is 2.91. The number of fused-ring (bicyclic) bond motifs is 1. The quantitative estimate of drug-likeness (QED) is 0.574. The second-order valence-electron chi connectivity index (χ2n) is 6.06. The van der Waals surface area contributed by atoms with Gasteiger partial charge in [-0.2, -0.15) is 0 Å². The molecule has 0 fully saturated rings. The van der Waals surface area contributed by atoms with Gasteiger partial charge in [0.1, 0.15) is 0 Å². The average molecular weight is 346 g/mol. The van der Waals surface area contributed by atoms with E-state index in [0.717, 1.165) is 28.1 Å². The van der Waals surface area contributed by atoms with Crippen LogP contribution in [0.25, 0.3) is 11.8 Å². The highest BCUT2D eigenvalue weighted by atomic mass is 35.5. The summed E-state index contributed by atoms with van der Waals surface area (Å²) in [5.74, 6) is -0.0299. The first kappa shape index (κ1) is 15.7. The molecule has 25 heavy (non-hydrogen) atoms. The van der Waals surface area contributed by atoms with Crippen LogP contribution in [0.3, 0.4) is 0 Å². The van der Waals surface area contributed by atoms with Crippen molar-refractivity contribution in [3.63, 3.8) is 0 Å². The van der Waals surface area contributed by atoms with E-state index >= 15 is 0 Å². The molecule has 1 amide bonds. The molecule has 1 heterocycles.